The summed E-state index contributed by atoms with van der Waals surface area (Å²) in [5, 5.41) is 0. The van der Waals surface area contributed by atoms with Gasteiger partial charge in [-0.05, 0) is 36.0 Å². The standard InChI is InChI=1S/C12H22O/c1-11(2,3)9-7-10-12(4,8-9)5-6-13-10/h9-10H,5-8H2,1-4H3. The molecule has 1 aliphatic heterocycles. The van der Waals surface area contributed by atoms with Crippen LogP contribution in [0, 0.1) is 16.7 Å². The molecule has 76 valence electrons. The predicted octanol–water partition coefficient (Wildman–Crippen LogP) is 3.24. The number of hydrogen-bond acceptors (Lipinski definition) is 1. The van der Waals surface area contributed by atoms with Crippen molar-refractivity contribution in [3.05, 3.63) is 0 Å². The van der Waals surface area contributed by atoms with Crippen molar-refractivity contribution >= 4 is 0 Å². The molecule has 1 saturated heterocycles. The van der Waals surface area contributed by atoms with Gasteiger partial charge in [0.05, 0.1) is 6.10 Å². The highest BCUT2D eigenvalue weighted by molar-refractivity contribution is 4.99. The molecule has 3 atom stereocenters. The second kappa shape index (κ2) is 2.73. The van der Waals surface area contributed by atoms with Crippen molar-refractivity contribution in [2.24, 2.45) is 16.7 Å². The first-order chi connectivity index (χ1) is 5.92. The molecular formula is C12H22O. The van der Waals surface area contributed by atoms with Crippen LogP contribution in [-0.4, -0.2) is 12.7 Å². The van der Waals surface area contributed by atoms with Gasteiger partial charge in [0.25, 0.3) is 0 Å². The van der Waals surface area contributed by atoms with Crippen LogP contribution in [-0.2, 0) is 4.74 Å². The molecule has 0 aromatic carbocycles. The van der Waals surface area contributed by atoms with Crippen LogP contribution in [0.5, 0.6) is 0 Å². The number of fused-ring (bicyclic) bond motifs is 1. The first-order valence-corrected chi connectivity index (χ1v) is 5.53. The summed E-state index contributed by atoms with van der Waals surface area (Å²) in [6.07, 6.45) is 4.52. The molecule has 13 heavy (non-hydrogen) atoms. The Kier molecular flexibility index (Phi) is 1.99. The van der Waals surface area contributed by atoms with Crippen LogP contribution >= 0.6 is 0 Å². The van der Waals surface area contributed by atoms with Gasteiger partial charge in [0, 0.05) is 6.61 Å². The lowest BCUT2D eigenvalue weighted by molar-refractivity contribution is 0.0721. The molecule has 0 bridgehead atoms. The van der Waals surface area contributed by atoms with E-state index in [0.29, 0.717) is 16.9 Å². The summed E-state index contributed by atoms with van der Waals surface area (Å²) < 4.78 is 5.81. The quantitative estimate of drug-likeness (QED) is 0.559. The third-order valence-corrected chi connectivity index (χ3v) is 4.21. The fourth-order valence-electron chi connectivity index (χ4n) is 2.95. The molecule has 1 nitrogen and oxygen atoms in total. The largest absolute Gasteiger partial charge is 0.378 e. The topological polar surface area (TPSA) is 9.23 Å². The van der Waals surface area contributed by atoms with E-state index in [-0.39, 0.29) is 0 Å². The fraction of sp³-hybridized carbons (Fsp3) is 1.00. The third-order valence-electron chi connectivity index (χ3n) is 4.21. The van der Waals surface area contributed by atoms with Gasteiger partial charge in [-0.2, -0.15) is 0 Å². The van der Waals surface area contributed by atoms with E-state index in [0.717, 1.165) is 12.5 Å². The van der Waals surface area contributed by atoms with E-state index in [1.165, 1.54) is 19.3 Å². The Morgan fingerprint density at radius 1 is 1.31 bits per heavy atom. The van der Waals surface area contributed by atoms with Crippen molar-refractivity contribution in [3.8, 4) is 0 Å². The second-order valence-corrected chi connectivity index (χ2v) is 6.27. The monoisotopic (exact) mass is 182 g/mol. The van der Waals surface area contributed by atoms with E-state index in [4.69, 9.17) is 4.74 Å². The van der Waals surface area contributed by atoms with E-state index in [2.05, 4.69) is 27.7 Å². The fourth-order valence-corrected chi connectivity index (χ4v) is 2.95. The van der Waals surface area contributed by atoms with Gasteiger partial charge in [-0.1, -0.05) is 27.7 Å². The van der Waals surface area contributed by atoms with Crippen LogP contribution in [0.1, 0.15) is 47.0 Å². The summed E-state index contributed by atoms with van der Waals surface area (Å²) in [5.74, 6) is 0.864. The van der Waals surface area contributed by atoms with Gasteiger partial charge in [0.2, 0.25) is 0 Å². The summed E-state index contributed by atoms with van der Waals surface area (Å²) in [4.78, 5) is 0. The van der Waals surface area contributed by atoms with E-state index in [1.54, 1.807) is 0 Å². The first-order valence-electron chi connectivity index (χ1n) is 5.53. The summed E-state index contributed by atoms with van der Waals surface area (Å²) in [6.45, 7) is 10.5. The molecule has 0 aromatic heterocycles. The van der Waals surface area contributed by atoms with Crippen LogP contribution in [0.15, 0.2) is 0 Å². The van der Waals surface area contributed by atoms with Crippen molar-refractivity contribution in [1.29, 1.82) is 0 Å². The number of hydrogen-bond donors (Lipinski definition) is 0. The summed E-state index contributed by atoms with van der Waals surface area (Å²) in [6, 6.07) is 0. The molecule has 1 aliphatic carbocycles. The number of ether oxygens (including phenoxy) is 1. The average molecular weight is 182 g/mol. The Bertz CT molecular complexity index is 204. The Morgan fingerprint density at radius 2 is 2.00 bits per heavy atom. The molecule has 2 aliphatic rings. The molecule has 0 radical (unpaired) electrons. The van der Waals surface area contributed by atoms with Crippen molar-refractivity contribution in [1.82, 2.24) is 0 Å². The highest BCUT2D eigenvalue weighted by Gasteiger charge is 2.50. The van der Waals surface area contributed by atoms with Gasteiger partial charge in [-0.3, -0.25) is 0 Å². The molecule has 1 saturated carbocycles. The van der Waals surface area contributed by atoms with Gasteiger partial charge >= 0.3 is 0 Å². The Morgan fingerprint density at radius 3 is 2.54 bits per heavy atom. The summed E-state index contributed by atoms with van der Waals surface area (Å²) >= 11 is 0. The van der Waals surface area contributed by atoms with Gasteiger partial charge < -0.3 is 4.74 Å². The van der Waals surface area contributed by atoms with Gasteiger partial charge in [-0.15, -0.1) is 0 Å². The van der Waals surface area contributed by atoms with Crippen LogP contribution in [0.4, 0.5) is 0 Å². The van der Waals surface area contributed by atoms with Crippen LogP contribution in [0.25, 0.3) is 0 Å². The normalized spacial score (nSPS) is 45.2. The van der Waals surface area contributed by atoms with Crippen LogP contribution < -0.4 is 0 Å². The smallest absolute Gasteiger partial charge is 0.0632 e. The lowest BCUT2D eigenvalue weighted by atomic mass is 9.76. The van der Waals surface area contributed by atoms with Gasteiger partial charge in [0.1, 0.15) is 0 Å². The molecule has 0 amide bonds. The van der Waals surface area contributed by atoms with Crippen molar-refractivity contribution in [2.75, 3.05) is 6.61 Å². The van der Waals surface area contributed by atoms with Crippen molar-refractivity contribution < 1.29 is 4.74 Å². The molecule has 2 fully saturated rings. The minimum absolute atomic E-state index is 0.469. The third kappa shape index (κ3) is 1.52. The molecule has 0 aromatic rings. The lowest BCUT2D eigenvalue weighted by Gasteiger charge is -2.28. The van der Waals surface area contributed by atoms with Crippen LogP contribution in [0.2, 0.25) is 0 Å². The molecule has 1 heteroatoms. The van der Waals surface area contributed by atoms with E-state index >= 15 is 0 Å². The molecule has 0 spiro atoms. The van der Waals surface area contributed by atoms with Crippen molar-refractivity contribution in [2.45, 2.75) is 53.1 Å². The maximum Gasteiger partial charge on any atom is 0.0632 e. The zero-order valence-electron chi connectivity index (χ0n) is 9.39. The van der Waals surface area contributed by atoms with E-state index < -0.39 is 0 Å². The molecular weight excluding hydrogens is 160 g/mol. The second-order valence-electron chi connectivity index (χ2n) is 6.27. The Balaban J connectivity index is 2.10. The molecule has 1 heterocycles. The van der Waals surface area contributed by atoms with E-state index in [9.17, 15) is 0 Å². The molecule has 2 rings (SSSR count). The average Bonchev–Trinajstić information content (AvgIpc) is 2.39. The molecule has 3 unspecified atom stereocenters. The highest BCUT2D eigenvalue weighted by atomic mass is 16.5. The number of rotatable bonds is 0. The summed E-state index contributed by atoms with van der Waals surface area (Å²) in [5.41, 5.74) is 0.981. The predicted molar refractivity (Wildman–Crippen MR) is 54.6 cm³/mol. The van der Waals surface area contributed by atoms with Gasteiger partial charge in [0.15, 0.2) is 0 Å². The lowest BCUT2D eigenvalue weighted by Crippen LogP contribution is -2.20. The SMILES string of the molecule is CC(C)(C)C1CC2OCCC2(C)C1. The zero-order chi connectivity index (χ0) is 9.69. The Hall–Kier alpha value is -0.0400. The van der Waals surface area contributed by atoms with E-state index in [1.807, 2.05) is 0 Å². The Labute approximate surface area is 81.9 Å². The maximum atomic E-state index is 5.81. The molecule has 0 N–H and O–H groups in total. The summed E-state index contributed by atoms with van der Waals surface area (Å²) in [7, 11) is 0. The van der Waals surface area contributed by atoms with Crippen LogP contribution in [0.3, 0.4) is 0 Å². The minimum atomic E-state index is 0.469. The van der Waals surface area contributed by atoms with Gasteiger partial charge in [-0.25, -0.2) is 0 Å². The zero-order valence-corrected chi connectivity index (χ0v) is 9.39. The minimum Gasteiger partial charge on any atom is -0.378 e. The first kappa shape index (κ1) is 9.51. The maximum absolute atomic E-state index is 5.81. The highest BCUT2D eigenvalue weighted by Crippen LogP contribution is 2.54. The van der Waals surface area contributed by atoms with Crippen molar-refractivity contribution in [3.63, 3.8) is 0 Å².